The Hall–Kier alpha value is -3.06. The molecule has 1 fully saturated rings. The molecule has 0 bridgehead atoms. The lowest BCUT2D eigenvalue weighted by Gasteiger charge is -2.23. The van der Waals surface area contributed by atoms with Gasteiger partial charge in [0.15, 0.2) is 0 Å². The first-order chi connectivity index (χ1) is 13.7. The average Bonchev–Trinajstić information content (AvgIpc) is 3.14. The summed E-state index contributed by atoms with van der Waals surface area (Å²) in [4.78, 5) is 27.0. The molecule has 3 amide bonds. The standard InChI is InChI=1S/C21H25N3O4/c1-27-13-12-22-20(25)19-14-18(28-17-10-6-3-7-11-17)15-24(19)21(26)23-16-8-4-2-5-9-16/h2-11,18-19H,12-15H2,1H3,(H,22,25)(H,23,26). The third kappa shape index (κ3) is 5.23. The summed E-state index contributed by atoms with van der Waals surface area (Å²) < 4.78 is 11.0. The largest absolute Gasteiger partial charge is 0.488 e. The predicted molar refractivity (Wildman–Crippen MR) is 106 cm³/mol. The summed E-state index contributed by atoms with van der Waals surface area (Å²) in [5.41, 5.74) is 0.679. The summed E-state index contributed by atoms with van der Waals surface area (Å²) in [6.07, 6.45) is 0.165. The van der Waals surface area contributed by atoms with Gasteiger partial charge in [0.05, 0.1) is 13.2 Å². The van der Waals surface area contributed by atoms with Crippen molar-refractivity contribution in [2.45, 2.75) is 18.6 Å². The highest BCUT2D eigenvalue weighted by Gasteiger charge is 2.40. The van der Waals surface area contributed by atoms with E-state index in [1.54, 1.807) is 19.2 Å². The molecule has 3 rings (SSSR count). The molecule has 2 aromatic rings. The lowest BCUT2D eigenvalue weighted by atomic mass is 10.2. The summed E-state index contributed by atoms with van der Waals surface area (Å²) in [6.45, 7) is 1.14. The molecule has 7 heteroatoms. The number of hydrogen-bond acceptors (Lipinski definition) is 4. The van der Waals surface area contributed by atoms with Crippen LogP contribution in [-0.2, 0) is 9.53 Å². The van der Waals surface area contributed by atoms with Gasteiger partial charge in [-0.25, -0.2) is 4.79 Å². The van der Waals surface area contributed by atoms with Crippen molar-refractivity contribution in [3.05, 3.63) is 60.7 Å². The van der Waals surface area contributed by atoms with E-state index >= 15 is 0 Å². The number of hydrogen-bond donors (Lipinski definition) is 2. The quantitative estimate of drug-likeness (QED) is 0.720. The zero-order valence-electron chi connectivity index (χ0n) is 15.8. The van der Waals surface area contributed by atoms with Crippen molar-refractivity contribution < 1.29 is 19.1 Å². The van der Waals surface area contributed by atoms with Gasteiger partial charge in [-0.05, 0) is 24.3 Å². The Morgan fingerprint density at radius 3 is 2.43 bits per heavy atom. The highest BCUT2D eigenvalue weighted by atomic mass is 16.5. The Labute approximate surface area is 164 Å². The minimum atomic E-state index is -0.603. The third-order valence-electron chi connectivity index (χ3n) is 4.50. The predicted octanol–water partition coefficient (Wildman–Crippen LogP) is 2.50. The van der Waals surface area contributed by atoms with Crippen LogP contribution in [0.4, 0.5) is 10.5 Å². The number of rotatable bonds is 7. The van der Waals surface area contributed by atoms with E-state index in [-0.39, 0.29) is 18.0 Å². The number of urea groups is 1. The van der Waals surface area contributed by atoms with E-state index in [4.69, 9.17) is 9.47 Å². The van der Waals surface area contributed by atoms with E-state index in [9.17, 15) is 9.59 Å². The molecule has 1 aliphatic rings. The van der Waals surface area contributed by atoms with Gasteiger partial charge in [0.2, 0.25) is 5.91 Å². The number of anilines is 1. The molecule has 1 aliphatic heterocycles. The number of benzene rings is 2. The number of likely N-dealkylation sites (tertiary alicyclic amines) is 1. The molecule has 0 spiro atoms. The van der Waals surface area contributed by atoms with E-state index < -0.39 is 6.04 Å². The SMILES string of the molecule is COCCNC(=O)C1CC(Oc2ccccc2)CN1C(=O)Nc1ccccc1. The number of para-hydroxylation sites is 2. The molecule has 0 aliphatic carbocycles. The molecule has 148 valence electrons. The summed E-state index contributed by atoms with van der Waals surface area (Å²) in [5.74, 6) is 0.510. The highest BCUT2D eigenvalue weighted by molar-refractivity contribution is 5.94. The van der Waals surface area contributed by atoms with Crippen molar-refractivity contribution in [3.8, 4) is 5.75 Å². The van der Waals surface area contributed by atoms with Crippen LogP contribution in [0.2, 0.25) is 0 Å². The first-order valence-electron chi connectivity index (χ1n) is 9.28. The number of carbonyl (C=O) groups excluding carboxylic acids is 2. The molecule has 0 aromatic heterocycles. The maximum atomic E-state index is 12.8. The van der Waals surface area contributed by atoms with Crippen LogP contribution in [-0.4, -0.2) is 55.8 Å². The molecule has 2 atom stereocenters. The fourth-order valence-corrected chi connectivity index (χ4v) is 3.16. The van der Waals surface area contributed by atoms with Crippen molar-refractivity contribution in [2.75, 3.05) is 32.1 Å². The normalized spacial score (nSPS) is 18.5. The maximum absolute atomic E-state index is 12.8. The summed E-state index contributed by atoms with van der Waals surface area (Å²) in [6, 6.07) is 17.7. The molecule has 0 saturated carbocycles. The van der Waals surface area contributed by atoms with Crippen molar-refractivity contribution in [3.63, 3.8) is 0 Å². The zero-order chi connectivity index (χ0) is 19.8. The molecule has 0 radical (unpaired) electrons. The van der Waals surface area contributed by atoms with Gasteiger partial charge < -0.3 is 25.0 Å². The second-order valence-corrected chi connectivity index (χ2v) is 6.54. The fourth-order valence-electron chi connectivity index (χ4n) is 3.16. The van der Waals surface area contributed by atoms with Crippen LogP contribution in [0.1, 0.15) is 6.42 Å². The Morgan fingerprint density at radius 1 is 1.07 bits per heavy atom. The molecule has 1 heterocycles. The Kier molecular flexibility index (Phi) is 6.86. The molecular formula is C21H25N3O4. The van der Waals surface area contributed by atoms with Crippen LogP contribution in [0.25, 0.3) is 0 Å². The van der Waals surface area contributed by atoms with E-state index in [1.807, 2.05) is 48.5 Å². The first-order valence-corrected chi connectivity index (χ1v) is 9.28. The molecule has 28 heavy (non-hydrogen) atoms. The number of ether oxygens (including phenoxy) is 2. The number of nitrogens with one attached hydrogen (secondary N) is 2. The Morgan fingerprint density at radius 2 is 1.75 bits per heavy atom. The van der Waals surface area contributed by atoms with Gasteiger partial charge in [-0.3, -0.25) is 4.79 Å². The van der Waals surface area contributed by atoms with Crippen LogP contribution in [0, 0.1) is 0 Å². The average molecular weight is 383 g/mol. The minimum Gasteiger partial charge on any atom is -0.488 e. The van der Waals surface area contributed by atoms with E-state index in [0.29, 0.717) is 31.8 Å². The second kappa shape index (κ2) is 9.75. The lowest BCUT2D eigenvalue weighted by molar-refractivity contribution is -0.124. The van der Waals surface area contributed by atoms with Gasteiger partial charge in [0.25, 0.3) is 0 Å². The molecule has 2 N–H and O–H groups in total. The van der Waals surface area contributed by atoms with Gasteiger partial charge in [0, 0.05) is 25.8 Å². The van der Waals surface area contributed by atoms with E-state index in [0.717, 1.165) is 5.75 Å². The molecule has 2 aromatic carbocycles. The Balaban J connectivity index is 1.69. The summed E-state index contributed by atoms with van der Waals surface area (Å²) in [5, 5.41) is 5.66. The fraction of sp³-hybridized carbons (Fsp3) is 0.333. The van der Waals surface area contributed by atoms with E-state index in [2.05, 4.69) is 10.6 Å². The number of carbonyl (C=O) groups is 2. The molecule has 1 saturated heterocycles. The van der Waals surface area contributed by atoms with Crippen LogP contribution in [0.15, 0.2) is 60.7 Å². The third-order valence-corrected chi connectivity index (χ3v) is 4.50. The highest BCUT2D eigenvalue weighted by Crippen LogP contribution is 2.24. The van der Waals surface area contributed by atoms with Crippen molar-refractivity contribution in [1.82, 2.24) is 10.2 Å². The van der Waals surface area contributed by atoms with E-state index in [1.165, 1.54) is 4.90 Å². The topological polar surface area (TPSA) is 79.9 Å². The molecule has 7 nitrogen and oxygen atoms in total. The smallest absolute Gasteiger partial charge is 0.322 e. The maximum Gasteiger partial charge on any atom is 0.322 e. The molecule has 2 unspecified atom stereocenters. The van der Waals surface area contributed by atoms with Crippen molar-refractivity contribution in [2.24, 2.45) is 0 Å². The second-order valence-electron chi connectivity index (χ2n) is 6.54. The van der Waals surface area contributed by atoms with Gasteiger partial charge in [-0.1, -0.05) is 36.4 Å². The monoisotopic (exact) mass is 383 g/mol. The summed E-state index contributed by atoms with van der Waals surface area (Å²) in [7, 11) is 1.57. The van der Waals surface area contributed by atoms with Crippen LogP contribution in [0.3, 0.4) is 0 Å². The molecular weight excluding hydrogens is 358 g/mol. The lowest BCUT2D eigenvalue weighted by Crippen LogP contribution is -2.48. The van der Waals surface area contributed by atoms with Crippen LogP contribution in [0.5, 0.6) is 5.75 Å². The first kappa shape index (κ1) is 19.7. The van der Waals surface area contributed by atoms with Gasteiger partial charge in [-0.2, -0.15) is 0 Å². The van der Waals surface area contributed by atoms with Crippen molar-refractivity contribution in [1.29, 1.82) is 0 Å². The van der Waals surface area contributed by atoms with Crippen LogP contribution >= 0.6 is 0 Å². The number of nitrogens with zero attached hydrogens (tertiary/aromatic N) is 1. The van der Waals surface area contributed by atoms with Crippen molar-refractivity contribution >= 4 is 17.6 Å². The number of methoxy groups -OCH3 is 1. The van der Waals surface area contributed by atoms with Gasteiger partial charge in [-0.15, -0.1) is 0 Å². The van der Waals surface area contributed by atoms with Gasteiger partial charge in [0.1, 0.15) is 17.9 Å². The zero-order valence-corrected chi connectivity index (χ0v) is 15.8. The number of amides is 3. The minimum absolute atomic E-state index is 0.209. The Bertz CT molecular complexity index is 770. The van der Waals surface area contributed by atoms with Crippen LogP contribution < -0.4 is 15.4 Å². The summed E-state index contributed by atoms with van der Waals surface area (Å²) >= 11 is 0. The van der Waals surface area contributed by atoms with Gasteiger partial charge >= 0.3 is 6.03 Å².